The van der Waals surface area contributed by atoms with Crippen molar-refractivity contribution in [3.63, 3.8) is 0 Å². The molecule has 4 rings (SSSR count). The topological polar surface area (TPSA) is 117 Å². The number of thiazole rings is 1. The lowest BCUT2D eigenvalue weighted by molar-refractivity contribution is -0.130. The molecule has 0 spiro atoms. The fourth-order valence-corrected chi connectivity index (χ4v) is 4.89. The zero-order chi connectivity index (χ0) is 24.6. The van der Waals surface area contributed by atoms with Crippen molar-refractivity contribution >= 4 is 29.0 Å². The van der Waals surface area contributed by atoms with Crippen LogP contribution in [-0.2, 0) is 16.1 Å². The number of ketones is 1. The average molecular weight is 479 g/mol. The highest BCUT2D eigenvalue weighted by atomic mass is 32.1. The van der Waals surface area contributed by atoms with Gasteiger partial charge in [0.15, 0.2) is 5.76 Å². The molecule has 1 aromatic heterocycles. The van der Waals surface area contributed by atoms with Crippen molar-refractivity contribution in [1.82, 2.24) is 9.88 Å². The van der Waals surface area contributed by atoms with Gasteiger partial charge in [-0.05, 0) is 49.2 Å². The number of phenolic OH excluding ortho intramolecular Hbond substituents is 1. The van der Waals surface area contributed by atoms with Crippen LogP contribution in [0.1, 0.15) is 47.9 Å². The van der Waals surface area contributed by atoms with Crippen LogP contribution in [0.15, 0.2) is 59.9 Å². The predicted molar refractivity (Wildman–Crippen MR) is 125 cm³/mol. The van der Waals surface area contributed by atoms with Crippen LogP contribution in [0.4, 0.5) is 0 Å². The van der Waals surface area contributed by atoms with E-state index in [1.54, 1.807) is 50.2 Å². The molecule has 0 saturated heterocycles. The molecule has 0 aliphatic carbocycles. The van der Waals surface area contributed by atoms with E-state index in [0.717, 1.165) is 0 Å². The number of aliphatic hydroxyl groups is 1. The number of rotatable bonds is 6. The number of aryl methyl sites for hydroxylation is 2. The van der Waals surface area contributed by atoms with Gasteiger partial charge in [-0.2, -0.15) is 0 Å². The van der Waals surface area contributed by atoms with Gasteiger partial charge in [0.25, 0.3) is 5.91 Å². The van der Waals surface area contributed by atoms with Crippen molar-refractivity contribution in [2.24, 2.45) is 0 Å². The number of carbonyl (C=O) groups is 3. The third kappa shape index (κ3) is 4.17. The van der Waals surface area contributed by atoms with Crippen LogP contribution in [0.2, 0.25) is 0 Å². The van der Waals surface area contributed by atoms with Gasteiger partial charge in [0.05, 0.1) is 39.9 Å². The van der Waals surface area contributed by atoms with Crippen molar-refractivity contribution in [2.45, 2.75) is 26.4 Å². The monoisotopic (exact) mass is 478 g/mol. The van der Waals surface area contributed by atoms with Crippen LogP contribution in [-0.4, -0.2) is 44.9 Å². The molecule has 8 nitrogen and oxygen atoms in total. The Kier molecular flexibility index (Phi) is 6.21. The van der Waals surface area contributed by atoms with Crippen LogP contribution in [0, 0.1) is 13.8 Å². The number of amides is 1. The Bertz CT molecular complexity index is 1330. The average Bonchev–Trinajstić information content (AvgIpc) is 3.29. The number of carbonyl (C=O) groups excluding carboxylic acids is 3. The molecule has 1 aliphatic rings. The third-order valence-corrected chi connectivity index (χ3v) is 6.64. The van der Waals surface area contributed by atoms with E-state index in [1.165, 1.54) is 35.5 Å². The summed E-state index contributed by atoms with van der Waals surface area (Å²) in [6.07, 6.45) is 0. The number of aromatic hydroxyl groups is 1. The van der Waals surface area contributed by atoms with Gasteiger partial charge in [-0.1, -0.05) is 24.3 Å². The van der Waals surface area contributed by atoms with Gasteiger partial charge >= 0.3 is 5.97 Å². The highest BCUT2D eigenvalue weighted by Crippen LogP contribution is 2.41. The van der Waals surface area contributed by atoms with Gasteiger partial charge in [-0.3, -0.25) is 9.59 Å². The van der Waals surface area contributed by atoms with Gasteiger partial charge in [-0.25, -0.2) is 9.78 Å². The Hall–Kier alpha value is -3.98. The Morgan fingerprint density at radius 1 is 1.12 bits per heavy atom. The molecule has 0 radical (unpaired) electrons. The van der Waals surface area contributed by atoms with Crippen LogP contribution in [0.5, 0.6) is 5.75 Å². The lowest BCUT2D eigenvalue weighted by Crippen LogP contribution is -2.30. The molecule has 34 heavy (non-hydrogen) atoms. The van der Waals surface area contributed by atoms with E-state index in [4.69, 9.17) is 4.74 Å². The zero-order valence-corrected chi connectivity index (χ0v) is 19.5. The van der Waals surface area contributed by atoms with E-state index in [-0.39, 0.29) is 17.9 Å². The fraction of sp³-hybridized carbons (Fsp3) is 0.200. The summed E-state index contributed by atoms with van der Waals surface area (Å²) in [5.74, 6) is -2.33. The van der Waals surface area contributed by atoms with Crippen molar-refractivity contribution in [1.29, 1.82) is 0 Å². The highest BCUT2D eigenvalue weighted by Gasteiger charge is 2.44. The maximum atomic E-state index is 13.5. The van der Waals surface area contributed by atoms with E-state index in [0.29, 0.717) is 32.3 Å². The molecule has 2 aromatic carbocycles. The van der Waals surface area contributed by atoms with Crippen molar-refractivity contribution in [2.75, 3.05) is 7.11 Å². The van der Waals surface area contributed by atoms with Crippen LogP contribution >= 0.6 is 11.3 Å². The lowest BCUT2D eigenvalue weighted by atomic mass is 9.94. The minimum absolute atomic E-state index is 0.0321. The first-order valence-corrected chi connectivity index (χ1v) is 11.2. The molecule has 0 fully saturated rings. The maximum absolute atomic E-state index is 13.5. The minimum Gasteiger partial charge on any atom is -0.508 e. The Balaban J connectivity index is 1.76. The normalized spacial score (nSPS) is 15.7. The summed E-state index contributed by atoms with van der Waals surface area (Å²) < 4.78 is 4.71. The fourth-order valence-electron chi connectivity index (χ4n) is 4.02. The van der Waals surface area contributed by atoms with E-state index in [2.05, 4.69) is 4.98 Å². The molecule has 1 unspecified atom stereocenters. The van der Waals surface area contributed by atoms with E-state index >= 15 is 0 Å². The summed E-state index contributed by atoms with van der Waals surface area (Å²) in [5.41, 5.74) is 1.97. The summed E-state index contributed by atoms with van der Waals surface area (Å²) in [6, 6.07) is 11.8. The number of ether oxygens (including phenoxy) is 1. The van der Waals surface area contributed by atoms with Crippen LogP contribution in [0.25, 0.3) is 0 Å². The minimum atomic E-state index is -0.922. The Labute approximate surface area is 199 Å². The number of hydrogen-bond donors (Lipinski definition) is 2. The predicted octanol–water partition coefficient (Wildman–Crippen LogP) is 4.03. The number of phenols is 1. The van der Waals surface area contributed by atoms with Crippen molar-refractivity contribution < 1.29 is 29.3 Å². The molecule has 174 valence electrons. The first kappa shape index (κ1) is 23.2. The standard InChI is InChI=1S/C25H22N2O6S/c1-13-23(34-14(2)26-13)21(29)19-20(17-5-4-6-18(28)11-17)27(24(31)22(19)30)12-15-7-9-16(10-8-15)25(32)33-3/h4-11,20,28,30H,12H2,1-3H3. The molecular weight excluding hydrogens is 456 g/mol. The highest BCUT2D eigenvalue weighted by molar-refractivity contribution is 7.14. The molecule has 2 N–H and O–H groups in total. The molecule has 1 atom stereocenters. The largest absolute Gasteiger partial charge is 0.508 e. The number of Topliss-reactive ketones (excluding diaryl/α,β-unsaturated/α-hetero) is 1. The third-order valence-electron chi connectivity index (χ3n) is 5.57. The quantitative estimate of drug-likeness (QED) is 0.406. The second kappa shape index (κ2) is 9.11. The maximum Gasteiger partial charge on any atom is 0.337 e. The van der Waals surface area contributed by atoms with Crippen molar-refractivity contribution in [3.05, 3.63) is 92.1 Å². The number of esters is 1. The molecule has 2 heterocycles. The molecule has 9 heteroatoms. The molecule has 1 amide bonds. The Morgan fingerprint density at radius 2 is 1.82 bits per heavy atom. The van der Waals surface area contributed by atoms with E-state index < -0.39 is 29.5 Å². The number of hydrogen-bond acceptors (Lipinski definition) is 8. The molecular formula is C25H22N2O6S. The SMILES string of the molecule is COC(=O)c1ccc(CN2C(=O)C(O)=C(C(=O)c3sc(C)nc3C)C2c2cccc(O)c2)cc1. The van der Waals surface area contributed by atoms with Gasteiger partial charge in [0, 0.05) is 6.54 Å². The summed E-state index contributed by atoms with van der Waals surface area (Å²) in [7, 11) is 1.29. The zero-order valence-electron chi connectivity index (χ0n) is 18.7. The number of nitrogens with zero attached hydrogens (tertiary/aromatic N) is 2. The Morgan fingerprint density at radius 3 is 2.41 bits per heavy atom. The number of aliphatic hydroxyl groups excluding tert-OH is 1. The molecule has 0 bridgehead atoms. The van der Waals surface area contributed by atoms with Gasteiger partial charge in [0.2, 0.25) is 5.78 Å². The molecule has 0 saturated carbocycles. The van der Waals surface area contributed by atoms with E-state index in [1.807, 2.05) is 0 Å². The second-order valence-electron chi connectivity index (χ2n) is 7.86. The summed E-state index contributed by atoms with van der Waals surface area (Å²) in [4.78, 5) is 44.4. The molecule has 1 aliphatic heterocycles. The van der Waals surface area contributed by atoms with E-state index in [9.17, 15) is 24.6 Å². The van der Waals surface area contributed by atoms with Crippen LogP contribution < -0.4 is 0 Å². The summed E-state index contributed by atoms with van der Waals surface area (Å²) in [6.45, 7) is 3.54. The van der Waals surface area contributed by atoms with Gasteiger partial charge < -0.3 is 19.8 Å². The van der Waals surface area contributed by atoms with Crippen molar-refractivity contribution in [3.8, 4) is 5.75 Å². The summed E-state index contributed by atoms with van der Waals surface area (Å²) in [5, 5.41) is 21.6. The first-order valence-electron chi connectivity index (χ1n) is 10.4. The first-order chi connectivity index (χ1) is 16.2. The number of aromatic nitrogens is 1. The van der Waals surface area contributed by atoms with Gasteiger partial charge in [0.1, 0.15) is 5.75 Å². The smallest absolute Gasteiger partial charge is 0.337 e. The summed E-state index contributed by atoms with van der Waals surface area (Å²) >= 11 is 1.20. The lowest BCUT2D eigenvalue weighted by Gasteiger charge is -2.27. The number of methoxy groups -OCH3 is 1. The van der Waals surface area contributed by atoms with Crippen LogP contribution in [0.3, 0.4) is 0 Å². The number of benzene rings is 2. The molecule has 3 aromatic rings. The van der Waals surface area contributed by atoms with Gasteiger partial charge in [-0.15, -0.1) is 11.3 Å². The second-order valence-corrected chi connectivity index (χ2v) is 9.06.